The molecule has 0 radical (unpaired) electrons. The molecule has 7 heteroatoms. The average Bonchev–Trinajstić information content (AvgIpc) is 2.78. The third-order valence-electron chi connectivity index (χ3n) is 6.45. The fraction of sp³-hybridized carbons (Fsp3) is 0.542. The fourth-order valence-electron chi connectivity index (χ4n) is 4.86. The Hall–Kier alpha value is -2.51. The number of aliphatic imine (C=N–C) groups is 1. The average molecular weight is 425 g/mol. The summed E-state index contributed by atoms with van der Waals surface area (Å²) in [5.74, 6) is 0.957. The van der Waals surface area contributed by atoms with E-state index in [0.717, 1.165) is 36.2 Å². The van der Waals surface area contributed by atoms with Crippen LogP contribution in [-0.4, -0.2) is 60.2 Å². The molecule has 7 nitrogen and oxygen atoms in total. The zero-order valence-electron chi connectivity index (χ0n) is 18.5. The Morgan fingerprint density at radius 2 is 2.00 bits per heavy atom. The lowest BCUT2D eigenvalue weighted by molar-refractivity contribution is 0.0534. The summed E-state index contributed by atoms with van der Waals surface area (Å²) >= 11 is 0. The highest BCUT2D eigenvalue weighted by atomic mass is 16.5. The lowest BCUT2D eigenvalue weighted by atomic mass is 9.92. The topological polar surface area (TPSA) is 96.5 Å². The van der Waals surface area contributed by atoms with Gasteiger partial charge in [0, 0.05) is 37.7 Å². The molecular formula is C24H34N5O2+. The maximum atomic E-state index is 8.48. The number of benzene rings is 1. The lowest BCUT2D eigenvalue weighted by Gasteiger charge is -2.41. The molecule has 1 aliphatic heterocycles. The Balaban J connectivity index is 1.61. The summed E-state index contributed by atoms with van der Waals surface area (Å²) in [6, 6.07) is 10.9. The monoisotopic (exact) mass is 424 g/mol. The van der Waals surface area contributed by atoms with Crippen molar-refractivity contribution >= 4 is 28.5 Å². The minimum absolute atomic E-state index is 0.0624. The van der Waals surface area contributed by atoms with Crippen LogP contribution in [0.4, 0.5) is 5.82 Å². The second-order valence-electron chi connectivity index (χ2n) is 8.71. The van der Waals surface area contributed by atoms with E-state index in [2.05, 4.69) is 15.2 Å². The molecule has 2 aromatic rings. The summed E-state index contributed by atoms with van der Waals surface area (Å²) < 4.78 is 5.91. The molecule has 166 valence electrons. The van der Waals surface area contributed by atoms with Crippen LogP contribution in [0.1, 0.15) is 51.0 Å². The van der Waals surface area contributed by atoms with Crippen molar-refractivity contribution in [3.8, 4) is 0 Å². The van der Waals surface area contributed by atoms with E-state index in [1.165, 1.54) is 32.1 Å². The number of amidine groups is 1. The van der Waals surface area contributed by atoms with Gasteiger partial charge in [0.05, 0.1) is 11.6 Å². The molecule has 0 amide bonds. The van der Waals surface area contributed by atoms with Crippen LogP contribution in [0.15, 0.2) is 35.3 Å². The first-order valence-corrected chi connectivity index (χ1v) is 11.3. The van der Waals surface area contributed by atoms with Gasteiger partial charge in [-0.15, -0.1) is 0 Å². The molecule has 1 aliphatic carbocycles. The van der Waals surface area contributed by atoms with Crippen LogP contribution >= 0.6 is 0 Å². The molecule has 31 heavy (non-hydrogen) atoms. The van der Waals surface area contributed by atoms with Crippen LogP contribution < -0.4 is 10.2 Å². The first-order chi connectivity index (χ1) is 15.0. The van der Waals surface area contributed by atoms with Crippen molar-refractivity contribution < 1.29 is 9.84 Å². The Morgan fingerprint density at radius 3 is 2.74 bits per heavy atom. The number of methoxy groups -OCH3 is 1. The molecule has 4 N–H and O–H groups in total. The van der Waals surface area contributed by atoms with Crippen LogP contribution in [0.3, 0.4) is 0 Å². The zero-order chi connectivity index (χ0) is 21.8. The highest BCUT2D eigenvalue weighted by Gasteiger charge is 2.33. The molecule has 2 atom stereocenters. The molecule has 1 aromatic heterocycles. The van der Waals surface area contributed by atoms with Crippen molar-refractivity contribution in [1.82, 2.24) is 10.3 Å². The molecule has 0 bridgehead atoms. The van der Waals surface area contributed by atoms with Crippen molar-refractivity contribution in [2.75, 3.05) is 25.1 Å². The van der Waals surface area contributed by atoms with E-state index in [4.69, 9.17) is 20.2 Å². The summed E-state index contributed by atoms with van der Waals surface area (Å²) in [5.41, 5.74) is 1.57. The second-order valence-corrected chi connectivity index (χ2v) is 8.71. The molecule has 2 heterocycles. The molecule has 1 saturated carbocycles. The van der Waals surface area contributed by atoms with Crippen molar-refractivity contribution in [2.24, 2.45) is 4.99 Å². The van der Waals surface area contributed by atoms with Gasteiger partial charge in [-0.3, -0.25) is 5.41 Å². The van der Waals surface area contributed by atoms with Gasteiger partial charge in [-0.05, 0) is 38.3 Å². The number of aromatic nitrogens is 1. The maximum absolute atomic E-state index is 8.48. The highest BCUT2D eigenvalue weighted by Crippen LogP contribution is 2.28. The predicted octanol–water partition coefficient (Wildman–Crippen LogP) is 3.22. The predicted molar refractivity (Wildman–Crippen MR) is 127 cm³/mol. The Kier molecular flexibility index (Phi) is 6.83. The van der Waals surface area contributed by atoms with E-state index >= 15 is 0 Å². The smallest absolute Gasteiger partial charge is 0.369 e. The number of ether oxygens (including phenoxy) is 1. The van der Waals surface area contributed by atoms with Crippen LogP contribution in [0, 0.1) is 5.41 Å². The summed E-state index contributed by atoms with van der Waals surface area (Å²) in [5, 5.41) is 21.0. The number of hydrogen-bond acceptors (Lipinski definition) is 5. The number of pyridine rings is 1. The first kappa shape index (κ1) is 21.7. The minimum atomic E-state index is 0.0624. The maximum Gasteiger partial charge on any atom is 0.369 e. The first-order valence-electron chi connectivity index (χ1n) is 11.3. The summed E-state index contributed by atoms with van der Waals surface area (Å²) in [7, 11) is 1.79. The van der Waals surface area contributed by atoms with Crippen molar-refractivity contribution in [3.63, 3.8) is 0 Å². The Labute approximate surface area is 184 Å². The van der Waals surface area contributed by atoms with Gasteiger partial charge >= 0.3 is 5.90 Å². The Bertz CT molecular complexity index is 954. The number of nitrogens with zero attached hydrogens (tertiary/aromatic N) is 3. The van der Waals surface area contributed by atoms with Crippen molar-refractivity contribution in [2.45, 2.75) is 63.6 Å². The molecule has 1 aromatic carbocycles. The van der Waals surface area contributed by atoms with Gasteiger partial charge in [0.1, 0.15) is 17.2 Å². The van der Waals surface area contributed by atoms with Gasteiger partial charge in [0.15, 0.2) is 0 Å². The number of piperidine rings is 1. The summed E-state index contributed by atoms with van der Waals surface area (Å²) in [6.45, 7) is 3.15. The van der Waals surface area contributed by atoms with E-state index in [9.17, 15) is 0 Å². The van der Waals surface area contributed by atoms with E-state index in [1.54, 1.807) is 14.0 Å². The largest absolute Gasteiger partial charge is 0.578 e. The van der Waals surface area contributed by atoms with Crippen LogP contribution in [0.5, 0.6) is 0 Å². The highest BCUT2D eigenvalue weighted by molar-refractivity contribution is 6.05. The quantitative estimate of drug-likeness (QED) is 0.438. The van der Waals surface area contributed by atoms with Gasteiger partial charge in [-0.25, -0.2) is 4.98 Å². The van der Waals surface area contributed by atoms with Gasteiger partial charge in [0.25, 0.3) is 0 Å². The van der Waals surface area contributed by atoms with E-state index in [0.29, 0.717) is 17.6 Å². The van der Waals surface area contributed by atoms with Gasteiger partial charge in [0.2, 0.25) is 0 Å². The van der Waals surface area contributed by atoms with Crippen LogP contribution in [0.2, 0.25) is 0 Å². The van der Waals surface area contributed by atoms with Crippen molar-refractivity contribution in [3.05, 3.63) is 35.9 Å². The number of hydrogen-bond donors (Lipinski definition) is 2. The zero-order valence-corrected chi connectivity index (χ0v) is 18.5. The second kappa shape index (κ2) is 9.75. The molecule has 2 unspecified atom stereocenters. The fourth-order valence-corrected chi connectivity index (χ4v) is 4.86. The van der Waals surface area contributed by atoms with E-state index in [-0.39, 0.29) is 17.8 Å². The van der Waals surface area contributed by atoms with Crippen molar-refractivity contribution in [1.29, 1.82) is 5.41 Å². The van der Waals surface area contributed by atoms with Crippen LogP contribution in [-0.2, 0) is 4.74 Å². The molecular weight excluding hydrogens is 390 g/mol. The Morgan fingerprint density at radius 1 is 1.23 bits per heavy atom. The third kappa shape index (κ3) is 5.05. The lowest BCUT2D eigenvalue weighted by Crippen LogP contribution is -2.56. The standard InChI is InChI=1S/C24H33N5O2/c1-16(25)26-24(30)19-14-17-8-6-7-11-20(17)28-23(19)29-13-12-21(22(15-29)31-2)27-18-9-4-3-5-10-18/h6-8,11,14,18,21-22,27H,3-5,9-10,12-13,15H2,1-2H3,(H2,25,26,30)/p+1. The number of nitrogens with one attached hydrogen (secondary N) is 2. The molecule has 2 aliphatic rings. The van der Waals surface area contributed by atoms with Gasteiger partial charge in [-0.1, -0.05) is 37.5 Å². The molecule has 2 fully saturated rings. The van der Waals surface area contributed by atoms with Gasteiger partial charge in [-0.2, -0.15) is 4.99 Å². The number of rotatable bonds is 5. The number of anilines is 1. The van der Waals surface area contributed by atoms with Gasteiger partial charge < -0.3 is 20.1 Å². The normalized spacial score (nSPS) is 23.3. The number of para-hydroxylation sites is 1. The SMILES string of the molecule is COC1CN(c2nc3ccccc3cc2C([OH2+])=NC(C)=N)CCC1NC1CCCCC1. The summed E-state index contributed by atoms with van der Waals surface area (Å²) in [4.78, 5) is 11.2. The molecule has 0 spiro atoms. The third-order valence-corrected chi connectivity index (χ3v) is 6.45. The molecule has 1 saturated heterocycles. The van der Waals surface area contributed by atoms with E-state index in [1.807, 2.05) is 30.3 Å². The van der Waals surface area contributed by atoms with E-state index < -0.39 is 0 Å². The summed E-state index contributed by atoms with van der Waals surface area (Å²) in [6.07, 6.45) is 7.54. The van der Waals surface area contributed by atoms with Crippen LogP contribution in [0.25, 0.3) is 10.9 Å². The number of fused-ring (bicyclic) bond motifs is 1. The minimum Gasteiger partial charge on any atom is -0.578 e. The molecule has 4 rings (SSSR count).